The van der Waals surface area contributed by atoms with Gasteiger partial charge >= 0.3 is 0 Å². The Balaban J connectivity index is 1.68. The van der Waals surface area contributed by atoms with Gasteiger partial charge in [0.05, 0.1) is 23.3 Å². The fourth-order valence-electron chi connectivity index (χ4n) is 3.14. The van der Waals surface area contributed by atoms with Gasteiger partial charge in [-0.2, -0.15) is 0 Å². The molecular formula is C23H22N6O. The summed E-state index contributed by atoms with van der Waals surface area (Å²) >= 11 is 0. The highest BCUT2D eigenvalue weighted by atomic mass is 16.1. The van der Waals surface area contributed by atoms with Crippen LogP contribution in [0.1, 0.15) is 25.1 Å². The Morgan fingerprint density at radius 2 is 1.87 bits per heavy atom. The maximum absolute atomic E-state index is 12.0. The third-order valence-corrected chi connectivity index (χ3v) is 4.85. The van der Waals surface area contributed by atoms with Crippen LogP contribution in [0.3, 0.4) is 0 Å². The molecule has 0 fully saturated rings. The number of rotatable bonds is 5. The number of carbonyl (C=O) groups excluding carboxylic acids is 1. The first-order valence-electron chi connectivity index (χ1n) is 9.61. The van der Waals surface area contributed by atoms with Crippen molar-refractivity contribution in [1.82, 2.24) is 15.0 Å². The Morgan fingerprint density at radius 1 is 1.10 bits per heavy atom. The summed E-state index contributed by atoms with van der Waals surface area (Å²) in [5.41, 5.74) is 10.6. The summed E-state index contributed by atoms with van der Waals surface area (Å²) in [6.07, 6.45) is 4.93. The monoisotopic (exact) mass is 398 g/mol. The van der Waals surface area contributed by atoms with Crippen LogP contribution in [0.15, 0.2) is 61.1 Å². The molecule has 0 aliphatic carbocycles. The van der Waals surface area contributed by atoms with Crippen molar-refractivity contribution in [3.63, 3.8) is 0 Å². The van der Waals surface area contributed by atoms with Gasteiger partial charge in [0.1, 0.15) is 5.82 Å². The van der Waals surface area contributed by atoms with E-state index in [-0.39, 0.29) is 23.4 Å². The lowest BCUT2D eigenvalue weighted by atomic mass is 10.0. The highest BCUT2D eigenvalue weighted by Crippen LogP contribution is 2.26. The van der Waals surface area contributed by atoms with E-state index in [1.165, 1.54) is 0 Å². The van der Waals surface area contributed by atoms with Crippen LogP contribution in [0.5, 0.6) is 0 Å². The van der Waals surface area contributed by atoms with Gasteiger partial charge in [-0.15, -0.1) is 0 Å². The quantitative estimate of drug-likeness (QED) is 0.376. The average molecular weight is 398 g/mol. The fourth-order valence-corrected chi connectivity index (χ4v) is 3.14. The number of H-pyrrole nitrogens is 1. The molecule has 3 heterocycles. The Kier molecular flexibility index (Phi) is 5.02. The maximum atomic E-state index is 12.0. The highest BCUT2D eigenvalue weighted by Gasteiger charge is 2.15. The first kappa shape index (κ1) is 19.3. The largest absolute Gasteiger partial charge is 0.383 e. The minimum absolute atomic E-state index is 0.0781. The number of pyridine rings is 2. The van der Waals surface area contributed by atoms with Crippen LogP contribution in [0, 0.1) is 11.3 Å². The van der Waals surface area contributed by atoms with Gasteiger partial charge in [0, 0.05) is 45.9 Å². The van der Waals surface area contributed by atoms with E-state index in [0.717, 1.165) is 22.0 Å². The molecule has 0 spiro atoms. The summed E-state index contributed by atoms with van der Waals surface area (Å²) in [5.74, 6) is 0.0699. The topological polar surface area (TPSA) is 121 Å². The van der Waals surface area contributed by atoms with Gasteiger partial charge in [-0.3, -0.25) is 15.2 Å². The molecule has 0 bridgehead atoms. The van der Waals surface area contributed by atoms with Gasteiger partial charge in [0.25, 0.3) is 0 Å². The van der Waals surface area contributed by atoms with Crippen LogP contribution < -0.4 is 11.1 Å². The van der Waals surface area contributed by atoms with Gasteiger partial charge in [0.2, 0.25) is 5.91 Å². The molecule has 30 heavy (non-hydrogen) atoms. The zero-order valence-electron chi connectivity index (χ0n) is 16.7. The number of carbonyl (C=O) groups is 1. The second kappa shape index (κ2) is 7.79. The second-order valence-corrected chi connectivity index (χ2v) is 7.41. The minimum atomic E-state index is -0.129. The lowest BCUT2D eigenvalue weighted by Gasteiger charge is -2.11. The number of hydrogen-bond donors (Lipinski definition) is 4. The normalized spacial score (nSPS) is 11.0. The third-order valence-electron chi connectivity index (χ3n) is 4.85. The molecule has 150 valence electrons. The minimum Gasteiger partial charge on any atom is -0.383 e. The number of nitrogens with two attached hydrogens (primary N) is 1. The van der Waals surface area contributed by atoms with Crippen LogP contribution in [-0.4, -0.2) is 26.6 Å². The lowest BCUT2D eigenvalue weighted by Crippen LogP contribution is -2.17. The number of anilines is 2. The molecule has 0 saturated carbocycles. The van der Waals surface area contributed by atoms with E-state index in [4.69, 9.17) is 11.1 Å². The van der Waals surface area contributed by atoms with Gasteiger partial charge < -0.3 is 16.0 Å². The standard InChI is InChI=1S/C23H22N6O/c1-13(2)23(30)28-17-7-15(10-26-12-17)16-8-18(22(25)27-11-16)21(24)20-9-14-5-3-4-6-19(14)29-20/h3-13,24,29H,1-2H3,(H2,25,27)(H,28,30). The molecule has 0 atom stereocenters. The molecule has 1 amide bonds. The molecule has 7 heteroatoms. The number of nitrogen functional groups attached to an aromatic ring is 1. The number of nitrogens with one attached hydrogen (secondary N) is 3. The van der Waals surface area contributed by atoms with Crippen molar-refractivity contribution in [1.29, 1.82) is 5.41 Å². The number of para-hydroxylation sites is 1. The summed E-state index contributed by atoms with van der Waals surface area (Å²) in [6, 6.07) is 13.4. The number of fused-ring (bicyclic) bond motifs is 1. The predicted molar refractivity (Wildman–Crippen MR) is 120 cm³/mol. The van der Waals surface area contributed by atoms with Crippen molar-refractivity contribution in [2.24, 2.45) is 5.92 Å². The molecule has 0 aliphatic heterocycles. The van der Waals surface area contributed by atoms with E-state index in [0.29, 0.717) is 16.9 Å². The Labute approximate surface area is 173 Å². The molecule has 0 unspecified atom stereocenters. The average Bonchev–Trinajstić information content (AvgIpc) is 3.18. The maximum Gasteiger partial charge on any atom is 0.226 e. The summed E-state index contributed by atoms with van der Waals surface area (Å²) in [4.78, 5) is 23.7. The molecular weight excluding hydrogens is 376 g/mol. The molecule has 0 radical (unpaired) electrons. The van der Waals surface area contributed by atoms with Crippen molar-refractivity contribution in [3.05, 3.63) is 72.3 Å². The van der Waals surface area contributed by atoms with Crippen LogP contribution in [0.2, 0.25) is 0 Å². The Hall–Kier alpha value is -4.00. The molecule has 0 aliphatic rings. The number of amides is 1. The van der Waals surface area contributed by atoms with Crippen LogP contribution in [0.4, 0.5) is 11.5 Å². The third kappa shape index (κ3) is 3.77. The van der Waals surface area contributed by atoms with Crippen molar-refractivity contribution in [2.45, 2.75) is 13.8 Å². The van der Waals surface area contributed by atoms with E-state index in [9.17, 15) is 4.79 Å². The van der Waals surface area contributed by atoms with Crippen LogP contribution in [-0.2, 0) is 4.79 Å². The molecule has 4 rings (SSSR count). The van der Waals surface area contributed by atoms with Crippen molar-refractivity contribution in [2.75, 3.05) is 11.1 Å². The number of hydrogen-bond acceptors (Lipinski definition) is 5. The summed E-state index contributed by atoms with van der Waals surface area (Å²) in [5, 5.41) is 12.5. The predicted octanol–water partition coefficient (Wildman–Crippen LogP) is 4.22. The lowest BCUT2D eigenvalue weighted by molar-refractivity contribution is -0.118. The van der Waals surface area contributed by atoms with Gasteiger partial charge in [-0.1, -0.05) is 32.0 Å². The zero-order chi connectivity index (χ0) is 21.3. The van der Waals surface area contributed by atoms with Gasteiger partial charge in [0.15, 0.2) is 0 Å². The molecule has 1 aromatic carbocycles. The fraction of sp³-hybridized carbons (Fsp3) is 0.130. The highest BCUT2D eigenvalue weighted by molar-refractivity contribution is 6.14. The van der Waals surface area contributed by atoms with Crippen molar-refractivity contribution >= 4 is 34.0 Å². The summed E-state index contributed by atoms with van der Waals surface area (Å²) < 4.78 is 0. The SMILES string of the molecule is CC(C)C(=O)Nc1cncc(-c2cnc(N)c(C(=N)c3cc4ccccc4[nH]3)c2)c1. The van der Waals surface area contributed by atoms with Crippen LogP contribution in [0.25, 0.3) is 22.0 Å². The Bertz CT molecular complexity index is 1220. The molecule has 3 aromatic heterocycles. The molecule has 0 saturated heterocycles. The summed E-state index contributed by atoms with van der Waals surface area (Å²) in [6.45, 7) is 3.66. The second-order valence-electron chi connectivity index (χ2n) is 7.41. The van der Waals surface area contributed by atoms with Crippen molar-refractivity contribution in [3.8, 4) is 11.1 Å². The number of aromatic nitrogens is 3. The van der Waals surface area contributed by atoms with E-state index < -0.39 is 0 Å². The van der Waals surface area contributed by atoms with Gasteiger partial charge in [-0.05, 0) is 24.3 Å². The molecule has 4 aromatic rings. The molecule has 5 N–H and O–H groups in total. The zero-order valence-corrected chi connectivity index (χ0v) is 16.7. The van der Waals surface area contributed by atoms with E-state index in [1.807, 2.05) is 56.3 Å². The van der Waals surface area contributed by atoms with E-state index in [2.05, 4.69) is 20.3 Å². The number of aromatic amines is 1. The summed E-state index contributed by atoms with van der Waals surface area (Å²) in [7, 11) is 0. The van der Waals surface area contributed by atoms with Crippen molar-refractivity contribution < 1.29 is 4.79 Å². The van der Waals surface area contributed by atoms with E-state index >= 15 is 0 Å². The smallest absolute Gasteiger partial charge is 0.226 e. The van der Waals surface area contributed by atoms with Gasteiger partial charge in [-0.25, -0.2) is 4.98 Å². The first-order valence-corrected chi connectivity index (χ1v) is 9.61. The first-order chi connectivity index (χ1) is 14.4. The van der Waals surface area contributed by atoms with Crippen LogP contribution >= 0.6 is 0 Å². The molecule has 7 nitrogen and oxygen atoms in total. The Morgan fingerprint density at radius 3 is 2.63 bits per heavy atom. The number of nitrogens with zero attached hydrogens (tertiary/aromatic N) is 2. The van der Waals surface area contributed by atoms with E-state index in [1.54, 1.807) is 18.6 Å². The number of benzene rings is 1.